The molecule has 2 aromatic rings. The fourth-order valence-corrected chi connectivity index (χ4v) is 2.47. The van der Waals surface area contributed by atoms with Crippen LogP contribution in [0.15, 0.2) is 42.5 Å². The topological polar surface area (TPSA) is 41.6 Å². The SMILES string of the molecule is Cc1cc(C)c(OCCNC(=O)N(C)Cc2ccccc2)cc1C. The van der Waals surface area contributed by atoms with Gasteiger partial charge in [0.05, 0.1) is 6.54 Å². The Kier molecular flexibility index (Phi) is 6.24. The minimum atomic E-state index is -0.0979. The second kappa shape index (κ2) is 8.39. The first-order valence-electron chi connectivity index (χ1n) is 8.21. The molecule has 24 heavy (non-hydrogen) atoms. The van der Waals surface area contributed by atoms with Gasteiger partial charge in [-0.3, -0.25) is 0 Å². The van der Waals surface area contributed by atoms with E-state index in [1.807, 2.05) is 43.3 Å². The summed E-state index contributed by atoms with van der Waals surface area (Å²) in [5.41, 5.74) is 4.70. The van der Waals surface area contributed by atoms with E-state index in [1.165, 1.54) is 11.1 Å². The fourth-order valence-electron chi connectivity index (χ4n) is 2.47. The van der Waals surface area contributed by atoms with Crippen molar-refractivity contribution < 1.29 is 9.53 Å². The molecule has 1 N–H and O–H groups in total. The summed E-state index contributed by atoms with van der Waals surface area (Å²) in [5.74, 6) is 0.880. The van der Waals surface area contributed by atoms with E-state index >= 15 is 0 Å². The first-order valence-corrected chi connectivity index (χ1v) is 8.21. The van der Waals surface area contributed by atoms with Crippen LogP contribution in [-0.2, 0) is 6.54 Å². The standard InChI is InChI=1S/C20H26N2O2/c1-15-12-17(3)19(13-16(15)2)24-11-10-21-20(23)22(4)14-18-8-6-5-7-9-18/h5-9,12-13H,10-11,14H2,1-4H3,(H,21,23). The Balaban J connectivity index is 1.75. The first kappa shape index (κ1) is 17.9. The molecule has 0 spiro atoms. The van der Waals surface area contributed by atoms with Crippen molar-refractivity contribution in [1.29, 1.82) is 0 Å². The van der Waals surface area contributed by atoms with Crippen LogP contribution in [0.2, 0.25) is 0 Å². The van der Waals surface area contributed by atoms with Gasteiger partial charge in [0.2, 0.25) is 0 Å². The van der Waals surface area contributed by atoms with Gasteiger partial charge in [0.15, 0.2) is 0 Å². The average Bonchev–Trinajstić information content (AvgIpc) is 2.56. The van der Waals surface area contributed by atoms with Crippen LogP contribution in [0.5, 0.6) is 5.75 Å². The number of nitrogens with one attached hydrogen (secondary N) is 1. The van der Waals surface area contributed by atoms with Gasteiger partial charge in [0.25, 0.3) is 0 Å². The van der Waals surface area contributed by atoms with Crippen molar-refractivity contribution in [3.63, 3.8) is 0 Å². The van der Waals surface area contributed by atoms with Crippen molar-refractivity contribution in [2.45, 2.75) is 27.3 Å². The number of rotatable bonds is 6. The van der Waals surface area contributed by atoms with Crippen LogP contribution >= 0.6 is 0 Å². The molecular weight excluding hydrogens is 300 g/mol. The van der Waals surface area contributed by atoms with Crippen LogP contribution in [-0.4, -0.2) is 31.1 Å². The highest BCUT2D eigenvalue weighted by atomic mass is 16.5. The van der Waals surface area contributed by atoms with Gasteiger partial charge in [0.1, 0.15) is 12.4 Å². The third-order valence-electron chi connectivity index (χ3n) is 4.04. The summed E-state index contributed by atoms with van der Waals surface area (Å²) in [6, 6.07) is 14.0. The molecule has 0 radical (unpaired) electrons. The summed E-state index contributed by atoms with van der Waals surface area (Å²) in [6.07, 6.45) is 0. The zero-order chi connectivity index (χ0) is 17.5. The Morgan fingerprint density at radius 1 is 1.04 bits per heavy atom. The number of carbonyl (C=O) groups is 1. The summed E-state index contributed by atoms with van der Waals surface area (Å²) in [7, 11) is 1.79. The molecule has 0 unspecified atom stereocenters. The maximum atomic E-state index is 12.1. The quantitative estimate of drug-likeness (QED) is 0.820. The van der Waals surface area contributed by atoms with Crippen LogP contribution < -0.4 is 10.1 Å². The van der Waals surface area contributed by atoms with Crippen LogP contribution in [0, 0.1) is 20.8 Å². The maximum absolute atomic E-state index is 12.1. The van der Waals surface area contributed by atoms with Gasteiger partial charge in [-0.25, -0.2) is 4.79 Å². The Morgan fingerprint density at radius 2 is 1.71 bits per heavy atom. The molecule has 0 aromatic heterocycles. The molecule has 2 amide bonds. The molecule has 0 fully saturated rings. The molecule has 0 saturated carbocycles. The molecule has 0 saturated heterocycles. The second-order valence-electron chi connectivity index (χ2n) is 6.12. The largest absolute Gasteiger partial charge is 0.491 e. The normalized spacial score (nSPS) is 10.3. The Hall–Kier alpha value is -2.49. The summed E-state index contributed by atoms with van der Waals surface area (Å²) >= 11 is 0. The van der Waals surface area contributed by atoms with E-state index in [0.717, 1.165) is 16.9 Å². The predicted octanol–water partition coefficient (Wildman–Crippen LogP) is 3.83. The molecule has 0 aliphatic heterocycles. The molecule has 0 atom stereocenters. The number of hydrogen-bond donors (Lipinski definition) is 1. The minimum absolute atomic E-state index is 0.0979. The van der Waals surface area contributed by atoms with E-state index in [4.69, 9.17) is 4.74 Å². The van der Waals surface area contributed by atoms with E-state index in [1.54, 1.807) is 11.9 Å². The van der Waals surface area contributed by atoms with Gasteiger partial charge in [-0.1, -0.05) is 36.4 Å². The van der Waals surface area contributed by atoms with Crippen molar-refractivity contribution in [1.82, 2.24) is 10.2 Å². The summed E-state index contributed by atoms with van der Waals surface area (Å²) in [4.78, 5) is 13.7. The highest BCUT2D eigenvalue weighted by molar-refractivity contribution is 5.73. The van der Waals surface area contributed by atoms with E-state index in [0.29, 0.717) is 19.7 Å². The summed E-state index contributed by atoms with van der Waals surface area (Å²) in [6.45, 7) is 7.72. The third kappa shape index (κ3) is 5.01. The molecule has 128 valence electrons. The molecule has 4 nitrogen and oxygen atoms in total. The lowest BCUT2D eigenvalue weighted by Crippen LogP contribution is -2.38. The number of hydrogen-bond acceptors (Lipinski definition) is 2. The number of carbonyl (C=O) groups excluding carboxylic acids is 1. The van der Waals surface area contributed by atoms with Crippen molar-refractivity contribution in [2.75, 3.05) is 20.2 Å². The van der Waals surface area contributed by atoms with Gasteiger partial charge < -0.3 is 15.0 Å². The second-order valence-corrected chi connectivity index (χ2v) is 6.12. The number of ether oxygens (including phenoxy) is 1. The molecule has 0 bridgehead atoms. The highest BCUT2D eigenvalue weighted by Gasteiger charge is 2.08. The molecule has 0 aliphatic carbocycles. The molecular formula is C20H26N2O2. The average molecular weight is 326 g/mol. The van der Waals surface area contributed by atoms with Crippen molar-refractivity contribution >= 4 is 6.03 Å². The Morgan fingerprint density at radius 3 is 2.42 bits per heavy atom. The number of amides is 2. The van der Waals surface area contributed by atoms with Gasteiger partial charge in [-0.15, -0.1) is 0 Å². The van der Waals surface area contributed by atoms with E-state index in [2.05, 4.69) is 25.2 Å². The van der Waals surface area contributed by atoms with Gasteiger partial charge in [-0.2, -0.15) is 0 Å². The monoisotopic (exact) mass is 326 g/mol. The van der Waals surface area contributed by atoms with Gasteiger partial charge in [0, 0.05) is 13.6 Å². The number of nitrogens with zero attached hydrogens (tertiary/aromatic N) is 1. The lowest BCUT2D eigenvalue weighted by Gasteiger charge is -2.18. The molecule has 2 rings (SSSR count). The Bertz CT molecular complexity index is 684. The van der Waals surface area contributed by atoms with E-state index in [-0.39, 0.29) is 6.03 Å². The van der Waals surface area contributed by atoms with Crippen molar-refractivity contribution in [2.24, 2.45) is 0 Å². The number of aryl methyl sites for hydroxylation is 3. The zero-order valence-electron chi connectivity index (χ0n) is 14.9. The Labute approximate surface area is 144 Å². The van der Waals surface area contributed by atoms with Crippen LogP contribution in [0.3, 0.4) is 0 Å². The minimum Gasteiger partial charge on any atom is -0.491 e. The van der Waals surface area contributed by atoms with Gasteiger partial charge in [-0.05, 0) is 49.1 Å². The fraction of sp³-hybridized carbons (Fsp3) is 0.350. The number of benzene rings is 2. The lowest BCUT2D eigenvalue weighted by atomic mass is 10.1. The third-order valence-corrected chi connectivity index (χ3v) is 4.04. The van der Waals surface area contributed by atoms with E-state index < -0.39 is 0 Å². The number of urea groups is 1. The van der Waals surface area contributed by atoms with Gasteiger partial charge >= 0.3 is 6.03 Å². The molecule has 0 heterocycles. The maximum Gasteiger partial charge on any atom is 0.317 e. The predicted molar refractivity (Wildman–Crippen MR) is 97.5 cm³/mol. The lowest BCUT2D eigenvalue weighted by molar-refractivity contribution is 0.203. The molecule has 4 heteroatoms. The van der Waals surface area contributed by atoms with E-state index in [9.17, 15) is 4.79 Å². The molecule has 0 aliphatic rings. The zero-order valence-corrected chi connectivity index (χ0v) is 14.9. The summed E-state index contributed by atoms with van der Waals surface area (Å²) < 4.78 is 5.79. The smallest absolute Gasteiger partial charge is 0.317 e. The highest BCUT2D eigenvalue weighted by Crippen LogP contribution is 2.22. The molecule has 2 aromatic carbocycles. The van der Waals surface area contributed by atoms with Crippen molar-refractivity contribution in [3.05, 3.63) is 64.7 Å². The van der Waals surface area contributed by atoms with Crippen LogP contribution in [0.1, 0.15) is 22.3 Å². The van der Waals surface area contributed by atoms with Crippen LogP contribution in [0.25, 0.3) is 0 Å². The first-order chi connectivity index (χ1) is 11.5. The van der Waals surface area contributed by atoms with Crippen molar-refractivity contribution in [3.8, 4) is 5.75 Å². The van der Waals surface area contributed by atoms with Crippen LogP contribution in [0.4, 0.5) is 4.79 Å². The summed E-state index contributed by atoms with van der Waals surface area (Å²) in [5, 5.41) is 2.88.